The van der Waals surface area contributed by atoms with Gasteiger partial charge in [-0.3, -0.25) is 4.79 Å². The largest absolute Gasteiger partial charge is 0.460 e. The van der Waals surface area contributed by atoms with Crippen molar-refractivity contribution in [2.45, 2.75) is 37.6 Å². The molecule has 5 N–H and O–H groups in total. The fourth-order valence-corrected chi connectivity index (χ4v) is 3.03. The van der Waals surface area contributed by atoms with Crippen LogP contribution in [0.1, 0.15) is 6.92 Å². The molecule has 1 aliphatic rings. The summed E-state index contributed by atoms with van der Waals surface area (Å²) in [6.45, 7) is 0.768. The number of aromatic nitrogens is 1. The van der Waals surface area contributed by atoms with Gasteiger partial charge in [-0.15, -0.1) is 0 Å². The summed E-state index contributed by atoms with van der Waals surface area (Å²) in [6, 6.07) is 4.20. The molecule has 5 atom stereocenters. The first-order valence-electron chi connectivity index (χ1n) is 7.73. The average Bonchev–Trinajstić information content (AvgIpc) is 2.96. The summed E-state index contributed by atoms with van der Waals surface area (Å²) in [5.41, 5.74) is 0.783. The average molecular weight is 371 g/mol. The number of aromatic amines is 1. The van der Waals surface area contributed by atoms with Crippen molar-refractivity contribution in [2.24, 2.45) is 0 Å². The maximum Gasteiger partial charge on any atom is 0.223 e. The Hall–Kier alpha value is -1.84. The van der Waals surface area contributed by atoms with Crippen molar-refractivity contribution < 1.29 is 29.6 Å². The number of amides is 1. The first-order chi connectivity index (χ1) is 11.9. The van der Waals surface area contributed by atoms with Crippen LogP contribution in [0.4, 0.5) is 0 Å². The number of fused-ring (bicyclic) bond motifs is 1. The monoisotopic (exact) mass is 370 g/mol. The number of rotatable bonds is 4. The number of nitrogens with one attached hydrogen (secondary N) is 2. The van der Waals surface area contributed by atoms with Crippen LogP contribution in [-0.4, -0.2) is 63.5 Å². The van der Waals surface area contributed by atoms with Crippen LogP contribution in [0, 0.1) is 0 Å². The van der Waals surface area contributed by atoms with E-state index >= 15 is 0 Å². The lowest BCUT2D eigenvalue weighted by Gasteiger charge is -2.41. The van der Waals surface area contributed by atoms with Crippen molar-refractivity contribution in [3.05, 3.63) is 29.4 Å². The molecule has 8 nitrogen and oxygen atoms in total. The molecule has 9 heteroatoms. The third-order valence-corrected chi connectivity index (χ3v) is 4.33. The summed E-state index contributed by atoms with van der Waals surface area (Å²) in [7, 11) is 0. The van der Waals surface area contributed by atoms with Crippen LogP contribution in [0.3, 0.4) is 0 Å². The van der Waals surface area contributed by atoms with E-state index in [4.69, 9.17) is 21.1 Å². The summed E-state index contributed by atoms with van der Waals surface area (Å²) < 4.78 is 11.4. The maximum absolute atomic E-state index is 11.4. The highest BCUT2D eigenvalue weighted by molar-refractivity contribution is 6.31. The molecule has 1 amide bonds. The zero-order valence-electron chi connectivity index (χ0n) is 13.3. The minimum absolute atomic E-state index is 0.401. The van der Waals surface area contributed by atoms with Crippen molar-refractivity contribution in [2.75, 3.05) is 6.61 Å². The van der Waals surface area contributed by atoms with E-state index in [1.807, 2.05) is 0 Å². The molecule has 2 aromatic rings. The van der Waals surface area contributed by atoms with Crippen molar-refractivity contribution in [3.63, 3.8) is 0 Å². The Labute approximate surface area is 148 Å². The number of aliphatic hydroxyl groups is 3. The Bertz CT molecular complexity index is 766. The molecular formula is C16H19ClN2O6. The number of halogens is 1. The molecule has 1 saturated heterocycles. The molecule has 1 aromatic heterocycles. The van der Waals surface area contributed by atoms with Crippen molar-refractivity contribution >= 4 is 28.4 Å². The molecule has 3 rings (SSSR count). The molecule has 2 heterocycles. The van der Waals surface area contributed by atoms with Gasteiger partial charge in [0.25, 0.3) is 0 Å². The molecule has 1 fully saturated rings. The Morgan fingerprint density at radius 1 is 1.40 bits per heavy atom. The van der Waals surface area contributed by atoms with Gasteiger partial charge in [0.1, 0.15) is 30.1 Å². The number of H-pyrrole nitrogens is 1. The number of aliphatic hydroxyl groups excluding tert-OH is 3. The fraction of sp³-hybridized carbons (Fsp3) is 0.438. The zero-order valence-corrected chi connectivity index (χ0v) is 14.1. The van der Waals surface area contributed by atoms with Gasteiger partial charge in [-0.2, -0.15) is 0 Å². The van der Waals surface area contributed by atoms with E-state index in [1.54, 1.807) is 24.4 Å². The second-order valence-electron chi connectivity index (χ2n) is 5.89. The lowest BCUT2D eigenvalue weighted by atomic mass is 9.97. The number of benzene rings is 1. The summed E-state index contributed by atoms with van der Waals surface area (Å²) in [5, 5.41) is 33.3. The molecule has 0 bridgehead atoms. The highest BCUT2D eigenvalue weighted by Crippen LogP contribution is 2.31. The van der Waals surface area contributed by atoms with Crippen molar-refractivity contribution in [1.29, 1.82) is 0 Å². The standard InChI is InChI=1S/C16H19ClN2O6/c1-7(21)19-13-15(23)14(22)12(6-20)25-16(13)24-11-5-18-10-3-2-8(17)4-9(10)11/h2-5,12-16,18,20,22-23H,6H2,1H3,(H,19,21)/t12-,13-,14-,15-,16-/m1/s1. The normalized spacial score (nSPS) is 29.6. The second kappa shape index (κ2) is 7.19. The van der Waals surface area contributed by atoms with Crippen LogP contribution in [-0.2, 0) is 9.53 Å². The molecule has 0 unspecified atom stereocenters. The minimum atomic E-state index is -1.37. The Morgan fingerprint density at radius 2 is 2.16 bits per heavy atom. The van der Waals surface area contributed by atoms with Gasteiger partial charge in [-0.05, 0) is 18.2 Å². The smallest absolute Gasteiger partial charge is 0.223 e. The minimum Gasteiger partial charge on any atom is -0.460 e. The quantitative estimate of drug-likeness (QED) is 0.521. The Kier molecular flexibility index (Phi) is 5.16. The highest BCUT2D eigenvalue weighted by Gasteiger charge is 2.46. The molecule has 0 aliphatic carbocycles. The van der Waals surface area contributed by atoms with E-state index in [1.165, 1.54) is 6.92 Å². The van der Waals surface area contributed by atoms with Gasteiger partial charge in [0, 0.05) is 29.0 Å². The van der Waals surface area contributed by atoms with Crippen LogP contribution in [0.5, 0.6) is 5.75 Å². The third-order valence-electron chi connectivity index (χ3n) is 4.10. The van der Waals surface area contributed by atoms with Gasteiger partial charge < -0.3 is 35.1 Å². The van der Waals surface area contributed by atoms with E-state index in [-0.39, 0.29) is 0 Å². The highest BCUT2D eigenvalue weighted by atomic mass is 35.5. The van der Waals surface area contributed by atoms with Gasteiger partial charge in [0.15, 0.2) is 0 Å². The number of carbonyl (C=O) groups excluding carboxylic acids is 1. The predicted octanol–water partition coefficient (Wildman–Crippen LogP) is 0.144. The van der Waals surface area contributed by atoms with Crippen LogP contribution in [0.15, 0.2) is 24.4 Å². The van der Waals surface area contributed by atoms with Gasteiger partial charge in [-0.25, -0.2) is 0 Å². The Balaban J connectivity index is 1.90. The van der Waals surface area contributed by atoms with Crippen LogP contribution in [0.2, 0.25) is 5.02 Å². The summed E-state index contributed by atoms with van der Waals surface area (Å²) >= 11 is 6.01. The molecule has 0 saturated carbocycles. The van der Waals surface area contributed by atoms with Gasteiger partial charge in [0.2, 0.25) is 12.2 Å². The van der Waals surface area contributed by atoms with Crippen molar-refractivity contribution in [1.82, 2.24) is 10.3 Å². The molecule has 136 valence electrons. The van der Waals surface area contributed by atoms with Gasteiger partial charge >= 0.3 is 0 Å². The van der Waals surface area contributed by atoms with Crippen LogP contribution < -0.4 is 10.1 Å². The lowest BCUT2D eigenvalue weighted by molar-refractivity contribution is -0.244. The number of hydrogen-bond acceptors (Lipinski definition) is 6. The van der Waals surface area contributed by atoms with Crippen molar-refractivity contribution in [3.8, 4) is 5.75 Å². The van der Waals surface area contributed by atoms with Gasteiger partial charge in [0.05, 0.1) is 6.61 Å². The molecule has 0 spiro atoms. The Morgan fingerprint density at radius 3 is 2.84 bits per heavy atom. The summed E-state index contributed by atoms with van der Waals surface area (Å²) in [6.07, 6.45) is -3.29. The second-order valence-corrected chi connectivity index (χ2v) is 6.33. The summed E-state index contributed by atoms with van der Waals surface area (Å²) in [4.78, 5) is 14.5. The first-order valence-corrected chi connectivity index (χ1v) is 8.11. The molecule has 1 aliphatic heterocycles. The van der Waals surface area contributed by atoms with Gasteiger partial charge in [-0.1, -0.05) is 11.6 Å². The molecule has 0 radical (unpaired) electrons. The zero-order chi connectivity index (χ0) is 18.1. The summed E-state index contributed by atoms with van der Waals surface area (Å²) in [5.74, 6) is -0.0176. The predicted molar refractivity (Wildman–Crippen MR) is 89.3 cm³/mol. The fourth-order valence-electron chi connectivity index (χ4n) is 2.86. The molecular weight excluding hydrogens is 352 g/mol. The number of hydrogen-bond donors (Lipinski definition) is 5. The van der Waals surface area contributed by atoms with Crippen LogP contribution >= 0.6 is 11.6 Å². The first kappa shape index (κ1) is 18.0. The van der Waals surface area contributed by atoms with E-state index in [2.05, 4.69) is 10.3 Å². The van der Waals surface area contributed by atoms with E-state index in [0.717, 1.165) is 5.52 Å². The SMILES string of the molecule is CC(=O)N[C@H]1[C@H](Oc2c[nH]c3ccc(Cl)cc23)O[C@H](CO)[C@@H](O)[C@@H]1O. The van der Waals surface area contributed by atoms with Crippen LogP contribution in [0.25, 0.3) is 10.9 Å². The number of ether oxygens (including phenoxy) is 2. The topological polar surface area (TPSA) is 124 Å². The number of carbonyl (C=O) groups is 1. The van der Waals surface area contributed by atoms with E-state index < -0.39 is 43.2 Å². The molecule has 1 aromatic carbocycles. The molecule has 25 heavy (non-hydrogen) atoms. The van der Waals surface area contributed by atoms with E-state index in [0.29, 0.717) is 16.2 Å². The maximum atomic E-state index is 11.4. The van der Waals surface area contributed by atoms with E-state index in [9.17, 15) is 20.1 Å². The third kappa shape index (κ3) is 3.58. The lowest BCUT2D eigenvalue weighted by Crippen LogP contribution is -2.65.